The van der Waals surface area contributed by atoms with Gasteiger partial charge in [0.1, 0.15) is 0 Å². The molecule has 0 bridgehead atoms. The van der Waals surface area contributed by atoms with Crippen molar-refractivity contribution in [2.75, 3.05) is 7.11 Å². The van der Waals surface area contributed by atoms with Crippen molar-refractivity contribution >= 4 is 0 Å². The van der Waals surface area contributed by atoms with Crippen molar-refractivity contribution < 1.29 is 14.2 Å². The van der Waals surface area contributed by atoms with Gasteiger partial charge in [0.25, 0.3) is 0 Å². The highest BCUT2D eigenvalue weighted by molar-refractivity contribution is 5.31. The number of methoxy groups -OCH3 is 1. The summed E-state index contributed by atoms with van der Waals surface area (Å²) in [6.07, 6.45) is 4.50. The average molecular weight is 250 g/mol. The molecule has 0 spiro atoms. The van der Waals surface area contributed by atoms with Crippen LogP contribution in [0.5, 0.6) is 5.75 Å². The monoisotopic (exact) mass is 250 g/mol. The highest BCUT2D eigenvalue weighted by Gasteiger charge is 2.54. The van der Waals surface area contributed by atoms with Crippen LogP contribution in [0.25, 0.3) is 0 Å². The molecule has 3 atom stereocenters. The van der Waals surface area contributed by atoms with Gasteiger partial charge in [0.05, 0.1) is 13.2 Å². The Bertz CT molecular complexity index is 434. The first-order chi connectivity index (χ1) is 8.72. The number of fused-ring (bicyclic) bond motifs is 1. The lowest BCUT2D eigenvalue weighted by Gasteiger charge is -2.12. The molecule has 2 saturated carbocycles. The molecule has 3 unspecified atom stereocenters. The molecule has 2 fully saturated rings. The second-order valence-corrected chi connectivity index (χ2v) is 5.53. The molecule has 2 nitrogen and oxygen atoms in total. The Morgan fingerprint density at radius 3 is 2.50 bits per heavy atom. The number of rotatable bonds is 3. The third-order valence-corrected chi connectivity index (χ3v) is 4.60. The second-order valence-electron chi connectivity index (χ2n) is 5.53. The van der Waals surface area contributed by atoms with Crippen LogP contribution in [-0.4, -0.2) is 12.2 Å². The quantitative estimate of drug-likeness (QED) is 0.891. The molecular weight excluding hydrogens is 231 g/mol. The summed E-state index contributed by atoms with van der Waals surface area (Å²) in [6.45, 7) is 0. The minimum absolute atomic E-state index is 0.235. The number of aliphatic hydroxyl groups is 1. The fraction of sp³-hybridized carbons (Fsp3) is 0.600. The van der Waals surface area contributed by atoms with Gasteiger partial charge in [0, 0.05) is 0 Å². The van der Waals surface area contributed by atoms with Crippen LogP contribution in [0.1, 0.15) is 37.4 Å². The van der Waals surface area contributed by atoms with E-state index in [1.54, 1.807) is 12.1 Å². The normalized spacial score (nSPS) is 31.6. The van der Waals surface area contributed by atoms with Crippen LogP contribution in [0.3, 0.4) is 0 Å². The maximum atomic E-state index is 13.6. The predicted octanol–water partition coefficient (Wildman–Crippen LogP) is 3.30. The van der Waals surface area contributed by atoms with Crippen molar-refractivity contribution in [1.29, 1.82) is 0 Å². The SMILES string of the molecule is COc1ccc(C(O)C2C3CCCCC32)cc1F. The van der Waals surface area contributed by atoms with Gasteiger partial charge in [0.2, 0.25) is 0 Å². The smallest absolute Gasteiger partial charge is 0.165 e. The molecule has 0 saturated heterocycles. The van der Waals surface area contributed by atoms with Gasteiger partial charge in [-0.25, -0.2) is 4.39 Å². The summed E-state index contributed by atoms with van der Waals surface area (Å²) < 4.78 is 18.5. The van der Waals surface area contributed by atoms with Crippen molar-refractivity contribution in [2.24, 2.45) is 17.8 Å². The molecule has 2 aliphatic rings. The van der Waals surface area contributed by atoms with Crippen LogP contribution >= 0.6 is 0 Å². The molecule has 0 heterocycles. The van der Waals surface area contributed by atoms with E-state index in [0.717, 1.165) is 0 Å². The highest BCUT2D eigenvalue weighted by atomic mass is 19.1. The number of hydrogen-bond donors (Lipinski definition) is 1. The Morgan fingerprint density at radius 2 is 1.94 bits per heavy atom. The number of halogens is 1. The molecule has 0 radical (unpaired) electrons. The minimum atomic E-state index is -0.515. The first-order valence-corrected chi connectivity index (χ1v) is 6.74. The van der Waals surface area contributed by atoms with E-state index < -0.39 is 11.9 Å². The van der Waals surface area contributed by atoms with Crippen LogP contribution in [0.15, 0.2) is 18.2 Å². The zero-order valence-corrected chi connectivity index (χ0v) is 10.6. The molecule has 0 amide bonds. The standard InChI is InChI=1S/C15H19FO2/c1-18-13-7-6-9(8-12(13)16)15(17)14-10-4-2-3-5-11(10)14/h6-8,10-11,14-15,17H,2-5H2,1H3. The summed E-state index contributed by atoms with van der Waals surface area (Å²) in [5.41, 5.74) is 0.688. The zero-order chi connectivity index (χ0) is 12.7. The van der Waals surface area contributed by atoms with Gasteiger partial charge < -0.3 is 9.84 Å². The van der Waals surface area contributed by atoms with Gasteiger partial charge in [-0.05, 0) is 48.3 Å². The van der Waals surface area contributed by atoms with Gasteiger partial charge in [0.15, 0.2) is 11.6 Å². The van der Waals surface area contributed by atoms with Gasteiger partial charge in [-0.15, -0.1) is 0 Å². The molecule has 3 rings (SSSR count). The van der Waals surface area contributed by atoms with Gasteiger partial charge in [-0.2, -0.15) is 0 Å². The van der Waals surface area contributed by atoms with Crippen LogP contribution < -0.4 is 4.74 Å². The van der Waals surface area contributed by atoms with Crippen molar-refractivity contribution in [2.45, 2.75) is 31.8 Å². The molecule has 0 aliphatic heterocycles. The van der Waals surface area contributed by atoms with E-state index in [1.165, 1.54) is 38.9 Å². The Labute approximate surface area is 107 Å². The lowest BCUT2D eigenvalue weighted by Crippen LogP contribution is -2.03. The molecule has 98 valence electrons. The molecule has 1 aromatic carbocycles. The van der Waals surface area contributed by atoms with E-state index in [1.807, 2.05) is 0 Å². The summed E-state index contributed by atoms with van der Waals surface area (Å²) in [4.78, 5) is 0. The summed E-state index contributed by atoms with van der Waals surface area (Å²) in [7, 11) is 1.45. The Kier molecular flexibility index (Phi) is 3.02. The van der Waals surface area contributed by atoms with E-state index in [4.69, 9.17) is 4.74 Å². The van der Waals surface area contributed by atoms with Crippen LogP contribution in [0.2, 0.25) is 0 Å². The molecular formula is C15H19FO2. The highest BCUT2D eigenvalue weighted by Crippen LogP contribution is 2.60. The van der Waals surface area contributed by atoms with E-state index in [2.05, 4.69) is 0 Å². The summed E-state index contributed by atoms with van der Waals surface area (Å²) in [5.74, 6) is 1.52. The summed E-state index contributed by atoms with van der Waals surface area (Å²) in [5, 5.41) is 10.4. The molecule has 2 aliphatic carbocycles. The first-order valence-electron chi connectivity index (χ1n) is 6.74. The topological polar surface area (TPSA) is 29.5 Å². The lowest BCUT2D eigenvalue weighted by atomic mass is 10.0. The van der Waals surface area contributed by atoms with Crippen LogP contribution in [0.4, 0.5) is 4.39 Å². The molecule has 18 heavy (non-hydrogen) atoms. The first kappa shape index (κ1) is 12.0. The summed E-state index contributed by atoms with van der Waals surface area (Å²) >= 11 is 0. The van der Waals surface area contributed by atoms with E-state index in [-0.39, 0.29) is 5.75 Å². The fourth-order valence-corrected chi connectivity index (χ4v) is 3.60. The minimum Gasteiger partial charge on any atom is -0.494 e. The van der Waals surface area contributed by atoms with Crippen molar-refractivity contribution in [3.63, 3.8) is 0 Å². The number of aliphatic hydroxyl groups excluding tert-OH is 1. The van der Waals surface area contributed by atoms with Crippen molar-refractivity contribution in [3.8, 4) is 5.75 Å². The van der Waals surface area contributed by atoms with Crippen molar-refractivity contribution in [1.82, 2.24) is 0 Å². The zero-order valence-electron chi connectivity index (χ0n) is 10.6. The van der Waals surface area contributed by atoms with Crippen molar-refractivity contribution in [3.05, 3.63) is 29.6 Å². The maximum Gasteiger partial charge on any atom is 0.165 e. The number of benzene rings is 1. The van der Waals surface area contributed by atoms with Crippen LogP contribution in [0, 0.1) is 23.6 Å². The second kappa shape index (κ2) is 4.54. The molecule has 1 N–H and O–H groups in total. The summed E-state index contributed by atoms with van der Waals surface area (Å²) in [6, 6.07) is 4.78. The Hall–Kier alpha value is -1.09. The largest absolute Gasteiger partial charge is 0.494 e. The molecule has 1 aromatic rings. The van der Waals surface area contributed by atoms with E-state index in [9.17, 15) is 9.50 Å². The predicted molar refractivity (Wildman–Crippen MR) is 66.8 cm³/mol. The van der Waals surface area contributed by atoms with Gasteiger partial charge in [-0.3, -0.25) is 0 Å². The van der Waals surface area contributed by atoms with Gasteiger partial charge >= 0.3 is 0 Å². The van der Waals surface area contributed by atoms with E-state index in [0.29, 0.717) is 23.3 Å². The average Bonchev–Trinajstić information content (AvgIpc) is 3.12. The Balaban J connectivity index is 1.76. The number of hydrogen-bond acceptors (Lipinski definition) is 2. The van der Waals surface area contributed by atoms with Gasteiger partial charge in [-0.1, -0.05) is 18.9 Å². The fourth-order valence-electron chi connectivity index (χ4n) is 3.60. The third-order valence-electron chi connectivity index (χ3n) is 4.60. The third kappa shape index (κ3) is 1.91. The molecule has 3 heteroatoms. The van der Waals surface area contributed by atoms with E-state index >= 15 is 0 Å². The number of ether oxygens (including phenoxy) is 1. The lowest BCUT2D eigenvalue weighted by molar-refractivity contribution is 0.141. The molecule has 0 aromatic heterocycles. The van der Waals surface area contributed by atoms with Crippen LogP contribution in [-0.2, 0) is 0 Å². The maximum absolute atomic E-state index is 13.6. The Morgan fingerprint density at radius 1 is 1.28 bits per heavy atom.